The minimum atomic E-state index is -0.673. The zero-order valence-electron chi connectivity index (χ0n) is 15.9. The third kappa shape index (κ3) is 4.55. The molecule has 0 fully saturated rings. The van der Waals surface area contributed by atoms with Crippen molar-refractivity contribution >= 4 is 51.8 Å². The molecule has 156 valence electrons. The van der Waals surface area contributed by atoms with E-state index in [2.05, 4.69) is 15.6 Å². The van der Waals surface area contributed by atoms with E-state index in [1.54, 1.807) is 18.2 Å². The number of para-hydroxylation sites is 1. The highest BCUT2D eigenvalue weighted by molar-refractivity contribution is 6.33. The Hall–Kier alpha value is -3.10. The average Bonchev–Trinajstić information content (AvgIpc) is 2.73. The normalized spacial score (nSPS) is 10.6. The predicted octanol–water partition coefficient (Wildman–Crippen LogP) is 4.80. The molecule has 2 aromatic carbocycles. The molecule has 30 heavy (non-hydrogen) atoms. The van der Waals surface area contributed by atoms with Crippen LogP contribution in [0.25, 0.3) is 10.9 Å². The van der Waals surface area contributed by atoms with Gasteiger partial charge >= 0.3 is 12.0 Å². The van der Waals surface area contributed by atoms with Gasteiger partial charge in [-0.05, 0) is 35.9 Å². The van der Waals surface area contributed by atoms with Gasteiger partial charge in [0, 0.05) is 17.0 Å². The zero-order valence-corrected chi connectivity index (χ0v) is 17.4. The van der Waals surface area contributed by atoms with Crippen molar-refractivity contribution in [2.75, 3.05) is 19.5 Å². The van der Waals surface area contributed by atoms with Crippen LogP contribution in [-0.4, -0.2) is 31.2 Å². The summed E-state index contributed by atoms with van der Waals surface area (Å²) in [5.41, 5.74) is 1.03. The first kappa shape index (κ1) is 21.6. The molecule has 0 aliphatic heterocycles. The predicted molar refractivity (Wildman–Crippen MR) is 112 cm³/mol. The zero-order chi connectivity index (χ0) is 21.8. The minimum absolute atomic E-state index is 0.0166. The Balaban J connectivity index is 1.88. The number of hydrogen-bond acceptors (Lipinski definition) is 5. The SMILES string of the molecule is COC(=O)c1cc2cc(Cl)cc(CNC(=O)Nc3c(F)cccc3Cl)c2nc1OC. The molecule has 1 aromatic heterocycles. The van der Waals surface area contributed by atoms with E-state index in [-0.39, 0.29) is 28.7 Å². The quantitative estimate of drug-likeness (QED) is 0.543. The van der Waals surface area contributed by atoms with Crippen molar-refractivity contribution < 1.29 is 23.5 Å². The van der Waals surface area contributed by atoms with E-state index in [0.29, 0.717) is 21.5 Å². The largest absolute Gasteiger partial charge is 0.480 e. The number of hydrogen-bond donors (Lipinski definition) is 2. The van der Waals surface area contributed by atoms with Crippen molar-refractivity contribution in [1.82, 2.24) is 10.3 Å². The van der Waals surface area contributed by atoms with E-state index >= 15 is 0 Å². The van der Waals surface area contributed by atoms with Crippen molar-refractivity contribution in [3.63, 3.8) is 0 Å². The number of aromatic nitrogens is 1. The van der Waals surface area contributed by atoms with Gasteiger partial charge in [-0.2, -0.15) is 0 Å². The highest BCUT2D eigenvalue weighted by atomic mass is 35.5. The van der Waals surface area contributed by atoms with Gasteiger partial charge in [0.1, 0.15) is 11.4 Å². The maximum absolute atomic E-state index is 13.8. The molecule has 3 rings (SSSR count). The lowest BCUT2D eigenvalue weighted by Crippen LogP contribution is -2.28. The standard InChI is InChI=1S/C20H16Cl2FN3O4/c1-29-18-13(19(27)30-2)8-10-6-12(21)7-11(16(10)25-18)9-24-20(28)26-17-14(22)4-3-5-15(17)23/h3-8H,9H2,1-2H3,(H2,24,26,28). The minimum Gasteiger partial charge on any atom is -0.480 e. The fourth-order valence-electron chi connectivity index (χ4n) is 2.80. The number of fused-ring (bicyclic) bond motifs is 1. The number of esters is 1. The molecule has 0 atom stereocenters. The number of nitrogens with one attached hydrogen (secondary N) is 2. The van der Waals surface area contributed by atoms with E-state index in [4.69, 9.17) is 32.7 Å². The molecular weight excluding hydrogens is 436 g/mol. The van der Waals surface area contributed by atoms with E-state index < -0.39 is 17.8 Å². The molecule has 3 aromatic rings. The molecule has 0 aliphatic carbocycles. The number of halogens is 3. The molecule has 10 heteroatoms. The number of carbonyl (C=O) groups excluding carboxylic acids is 2. The molecule has 0 aliphatic rings. The van der Waals surface area contributed by atoms with Gasteiger partial charge in [-0.1, -0.05) is 29.3 Å². The Morgan fingerprint density at radius 2 is 1.93 bits per heavy atom. The highest BCUT2D eigenvalue weighted by Crippen LogP contribution is 2.29. The van der Waals surface area contributed by atoms with Crippen LogP contribution < -0.4 is 15.4 Å². The number of methoxy groups -OCH3 is 2. The second-order valence-electron chi connectivity index (χ2n) is 6.08. The summed E-state index contributed by atoms with van der Waals surface area (Å²) in [6.07, 6.45) is 0. The molecule has 2 N–H and O–H groups in total. The smallest absolute Gasteiger partial charge is 0.343 e. The van der Waals surface area contributed by atoms with Gasteiger partial charge in [-0.15, -0.1) is 0 Å². The summed E-state index contributed by atoms with van der Waals surface area (Å²) >= 11 is 12.1. The molecule has 0 bridgehead atoms. The summed E-state index contributed by atoms with van der Waals surface area (Å²) in [4.78, 5) is 28.6. The fourth-order valence-corrected chi connectivity index (χ4v) is 3.26. The van der Waals surface area contributed by atoms with Gasteiger partial charge in [-0.25, -0.2) is 19.0 Å². The maximum atomic E-state index is 13.8. The van der Waals surface area contributed by atoms with E-state index in [0.717, 1.165) is 0 Å². The first-order chi connectivity index (χ1) is 14.3. The monoisotopic (exact) mass is 451 g/mol. The Morgan fingerprint density at radius 3 is 2.60 bits per heavy atom. The van der Waals surface area contributed by atoms with Crippen LogP contribution in [0, 0.1) is 5.82 Å². The van der Waals surface area contributed by atoms with Gasteiger partial charge < -0.3 is 20.1 Å². The highest BCUT2D eigenvalue weighted by Gasteiger charge is 2.18. The van der Waals surface area contributed by atoms with Crippen molar-refractivity contribution in [1.29, 1.82) is 0 Å². The van der Waals surface area contributed by atoms with Crippen LogP contribution in [0.3, 0.4) is 0 Å². The number of anilines is 1. The van der Waals surface area contributed by atoms with Crippen LogP contribution in [0.2, 0.25) is 10.0 Å². The van der Waals surface area contributed by atoms with E-state index in [9.17, 15) is 14.0 Å². The molecular formula is C20H16Cl2FN3O4. The molecule has 7 nitrogen and oxygen atoms in total. The third-order valence-corrected chi connectivity index (χ3v) is 4.70. The van der Waals surface area contributed by atoms with Crippen molar-refractivity contribution in [3.8, 4) is 5.88 Å². The van der Waals surface area contributed by atoms with Crippen LogP contribution >= 0.6 is 23.2 Å². The lowest BCUT2D eigenvalue weighted by molar-refractivity contribution is 0.0596. The van der Waals surface area contributed by atoms with Gasteiger partial charge in [0.2, 0.25) is 5.88 Å². The van der Waals surface area contributed by atoms with Crippen molar-refractivity contribution in [2.24, 2.45) is 0 Å². The maximum Gasteiger partial charge on any atom is 0.343 e. The summed E-state index contributed by atoms with van der Waals surface area (Å²) in [5.74, 6) is -1.20. The molecule has 0 unspecified atom stereocenters. The van der Waals surface area contributed by atoms with Crippen LogP contribution in [0.4, 0.5) is 14.9 Å². The second-order valence-corrected chi connectivity index (χ2v) is 6.92. The Kier molecular flexibility index (Phi) is 6.59. The number of carbonyl (C=O) groups is 2. The Labute approximate surface area is 181 Å². The molecule has 2 amide bonds. The number of nitrogens with zero attached hydrogens (tertiary/aromatic N) is 1. The van der Waals surface area contributed by atoms with Gasteiger partial charge in [0.15, 0.2) is 0 Å². The number of urea groups is 1. The fraction of sp³-hybridized carbons (Fsp3) is 0.150. The summed E-state index contributed by atoms with van der Waals surface area (Å²) < 4.78 is 23.8. The third-order valence-electron chi connectivity index (χ3n) is 4.17. The lowest BCUT2D eigenvalue weighted by atomic mass is 10.1. The van der Waals surface area contributed by atoms with E-state index in [1.807, 2.05) is 0 Å². The summed E-state index contributed by atoms with van der Waals surface area (Å²) in [6, 6.07) is 8.18. The molecule has 0 spiro atoms. The topological polar surface area (TPSA) is 89.5 Å². The van der Waals surface area contributed by atoms with Gasteiger partial charge in [0.25, 0.3) is 0 Å². The molecule has 0 saturated carbocycles. The molecule has 0 saturated heterocycles. The van der Waals surface area contributed by atoms with Crippen LogP contribution in [0.5, 0.6) is 5.88 Å². The first-order valence-corrected chi connectivity index (χ1v) is 9.34. The average molecular weight is 452 g/mol. The summed E-state index contributed by atoms with van der Waals surface area (Å²) in [7, 11) is 2.62. The second kappa shape index (κ2) is 9.15. The lowest BCUT2D eigenvalue weighted by Gasteiger charge is -2.13. The molecule has 1 heterocycles. The van der Waals surface area contributed by atoms with Gasteiger partial charge in [0.05, 0.1) is 30.4 Å². The Morgan fingerprint density at radius 1 is 1.17 bits per heavy atom. The van der Waals surface area contributed by atoms with Gasteiger partial charge in [-0.3, -0.25) is 0 Å². The first-order valence-electron chi connectivity index (χ1n) is 8.58. The van der Waals surface area contributed by atoms with Crippen molar-refractivity contribution in [3.05, 3.63) is 63.4 Å². The van der Waals surface area contributed by atoms with Crippen molar-refractivity contribution in [2.45, 2.75) is 6.54 Å². The molecule has 0 radical (unpaired) electrons. The summed E-state index contributed by atoms with van der Waals surface area (Å²) in [6.45, 7) is 0.0166. The number of rotatable bonds is 5. The van der Waals surface area contributed by atoms with Crippen LogP contribution in [0.15, 0.2) is 36.4 Å². The number of amides is 2. The number of benzene rings is 2. The van der Waals surface area contributed by atoms with E-state index in [1.165, 1.54) is 32.4 Å². The number of pyridine rings is 1. The van der Waals surface area contributed by atoms with Crippen LogP contribution in [0.1, 0.15) is 15.9 Å². The van der Waals surface area contributed by atoms with Crippen LogP contribution in [-0.2, 0) is 11.3 Å². The Bertz CT molecular complexity index is 1120. The summed E-state index contributed by atoms with van der Waals surface area (Å²) in [5, 5.41) is 5.97. The number of ether oxygens (including phenoxy) is 2.